The van der Waals surface area contributed by atoms with Gasteiger partial charge in [0.1, 0.15) is 17.6 Å². The van der Waals surface area contributed by atoms with Gasteiger partial charge in [0, 0.05) is 18.5 Å². The molecule has 0 bridgehead atoms. The highest BCUT2D eigenvalue weighted by Crippen LogP contribution is 2.42. The van der Waals surface area contributed by atoms with Crippen molar-refractivity contribution < 1.29 is 29.3 Å². The molecule has 0 unspecified atom stereocenters. The topological polar surface area (TPSA) is 96.3 Å². The van der Waals surface area contributed by atoms with Crippen LogP contribution < -0.4 is 9.47 Å². The number of phenols is 1. The predicted molar refractivity (Wildman–Crippen MR) is 134 cm³/mol. The van der Waals surface area contributed by atoms with Crippen molar-refractivity contribution in [3.05, 3.63) is 94.6 Å². The number of amides is 1. The normalized spacial score (nSPS) is 20.3. The summed E-state index contributed by atoms with van der Waals surface area (Å²) in [6, 6.07) is 18.8. The van der Waals surface area contributed by atoms with Gasteiger partial charge in [-0.15, -0.1) is 0 Å². The van der Waals surface area contributed by atoms with Crippen LogP contribution in [0.1, 0.15) is 35.2 Å². The highest BCUT2D eigenvalue weighted by molar-refractivity contribution is 6.46. The number of carbonyl (C=O) groups excluding carboxylic acids is 2. The maximum atomic E-state index is 13.3. The minimum absolute atomic E-state index is 0.00715. The van der Waals surface area contributed by atoms with E-state index in [1.165, 1.54) is 18.1 Å². The molecule has 2 atom stereocenters. The second-order valence-corrected chi connectivity index (χ2v) is 9.11. The highest BCUT2D eigenvalue weighted by atomic mass is 16.5. The molecule has 2 aliphatic rings. The molecule has 3 aromatic carbocycles. The van der Waals surface area contributed by atoms with E-state index in [1.54, 1.807) is 30.3 Å². The fourth-order valence-electron chi connectivity index (χ4n) is 4.94. The molecule has 0 radical (unpaired) electrons. The number of phenolic OH excluding ortho intramolecular Hbond substituents is 1. The minimum atomic E-state index is -0.841. The van der Waals surface area contributed by atoms with Crippen LogP contribution in [0.25, 0.3) is 5.76 Å². The lowest BCUT2D eigenvalue weighted by Gasteiger charge is -2.26. The van der Waals surface area contributed by atoms with Crippen LogP contribution in [-0.2, 0) is 22.4 Å². The smallest absolute Gasteiger partial charge is 0.295 e. The molecule has 2 heterocycles. The first-order chi connectivity index (χ1) is 17.4. The summed E-state index contributed by atoms with van der Waals surface area (Å²) in [5.41, 5.74) is 2.97. The maximum Gasteiger partial charge on any atom is 0.295 e. The molecule has 0 aliphatic carbocycles. The number of fused-ring (bicyclic) bond motifs is 1. The summed E-state index contributed by atoms with van der Waals surface area (Å²) in [6.07, 6.45) is 1.26. The van der Waals surface area contributed by atoms with Gasteiger partial charge in [0.05, 0.1) is 18.7 Å². The lowest BCUT2D eigenvalue weighted by atomic mass is 9.94. The Morgan fingerprint density at radius 2 is 1.86 bits per heavy atom. The maximum absolute atomic E-state index is 13.3. The number of nitrogens with zero attached hydrogens (tertiary/aromatic N) is 1. The van der Waals surface area contributed by atoms with Gasteiger partial charge in [-0.3, -0.25) is 9.59 Å². The summed E-state index contributed by atoms with van der Waals surface area (Å²) in [6.45, 7) is 2.24. The fraction of sp³-hybridized carbons (Fsp3) is 0.241. The summed E-state index contributed by atoms with van der Waals surface area (Å²) >= 11 is 0. The van der Waals surface area contributed by atoms with Crippen LogP contribution in [0.4, 0.5) is 0 Å². The van der Waals surface area contributed by atoms with E-state index in [0.717, 1.165) is 16.9 Å². The standard InChI is InChI=1S/C29H27NO6/c1-17-14-21-15-20(9-11-23(21)36-17)27(32)25-26(19-8-10-22(31)24(16-19)35-2)30(29(34)28(25)33)13-12-18-6-4-3-5-7-18/h3-11,15-17,26,31-32H,12-14H2,1-2H3/t17-,26+/m1/s1. The van der Waals surface area contributed by atoms with Gasteiger partial charge in [0.2, 0.25) is 0 Å². The van der Waals surface area contributed by atoms with Gasteiger partial charge in [-0.2, -0.15) is 0 Å². The number of aliphatic hydroxyl groups is 1. The number of likely N-dealkylation sites (tertiary alicyclic amines) is 1. The Bertz CT molecular complexity index is 1360. The second-order valence-electron chi connectivity index (χ2n) is 9.11. The number of ether oxygens (including phenoxy) is 2. The molecule has 184 valence electrons. The monoisotopic (exact) mass is 485 g/mol. The van der Waals surface area contributed by atoms with Gasteiger partial charge in [0.15, 0.2) is 11.5 Å². The lowest BCUT2D eigenvalue weighted by Crippen LogP contribution is -2.31. The number of carbonyl (C=O) groups is 2. The van der Waals surface area contributed by atoms with E-state index in [4.69, 9.17) is 9.47 Å². The molecule has 36 heavy (non-hydrogen) atoms. The number of benzene rings is 3. The van der Waals surface area contributed by atoms with Crippen molar-refractivity contribution in [2.24, 2.45) is 0 Å². The summed E-state index contributed by atoms with van der Waals surface area (Å²) in [5.74, 6) is -0.762. The summed E-state index contributed by atoms with van der Waals surface area (Å²) in [4.78, 5) is 28.0. The number of rotatable bonds is 6. The largest absolute Gasteiger partial charge is 0.507 e. The van der Waals surface area contributed by atoms with Gasteiger partial charge in [0.25, 0.3) is 11.7 Å². The number of aliphatic hydroxyl groups excluding tert-OH is 1. The SMILES string of the molecule is COc1cc([C@H]2C(=C(O)c3ccc4c(c3)C[C@@H](C)O4)C(=O)C(=O)N2CCc2ccccc2)ccc1O. The van der Waals surface area contributed by atoms with Crippen molar-refractivity contribution in [2.75, 3.05) is 13.7 Å². The predicted octanol–water partition coefficient (Wildman–Crippen LogP) is 4.39. The average molecular weight is 486 g/mol. The third-order valence-electron chi connectivity index (χ3n) is 6.71. The van der Waals surface area contributed by atoms with Crippen molar-refractivity contribution in [1.82, 2.24) is 4.90 Å². The summed E-state index contributed by atoms with van der Waals surface area (Å²) < 4.78 is 11.0. The zero-order valence-corrected chi connectivity index (χ0v) is 20.1. The molecule has 2 aliphatic heterocycles. The minimum Gasteiger partial charge on any atom is -0.507 e. The van der Waals surface area contributed by atoms with E-state index in [-0.39, 0.29) is 35.5 Å². The van der Waals surface area contributed by atoms with E-state index < -0.39 is 17.7 Å². The Balaban J connectivity index is 1.60. The number of ketones is 1. The number of hydrogen-bond acceptors (Lipinski definition) is 6. The highest BCUT2D eigenvalue weighted by Gasteiger charge is 2.46. The molecule has 1 amide bonds. The summed E-state index contributed by atoms with van der Waals surface area (Å²) in [7, 11) is 1.43. The van der Waals surface area contributed by atoms with Crippen molar-refractivity contribution in [3.8, 4) is 17.2 Å². The molecule has 0 saturated carbocycles. The Hall–Kier alpha value is -4.26. The number of Topliss-reactive ketones (excluding diaryl/α,β-unsaturated/α-hetero) is 1. The van der Waals surface area contributed by atoms with Crippen LogP contribution in [0.5, 0.6) is 17.2 Å². The van der Waals surface area contributed by atoms with Crippen LogP contribution in [0.2, 0.25) is 0 Å². The fourth-order valence-corrected chi connectivity index (χ4v) is 4.94. The Kier molecular flexibility index (Phi) is 6.14. The Morgan fingerprint density at radius 1 is 1.08 bits per heavy atom. The zero-order valence-electron chi connectivity index (χ0n) is 20.1. The zero-order chi connectivity index (χ0) is 25.4. The van der Waals surface area contributed by atoms with Gasteiger partial charge in [-0.25, -0.2) is 0 Å². The number of aromatic hydroxyl groups is 1. The molecular formula is C29H27NO6. The van der Waals surface area contributed by atoms with Gasteiger partial charge in [-0.1, -0.05) is 36.4 Å². The van der Waals surface area contributed by atoms with E-state index in [9.17, 15) is 19.8 Å². The molecule has 7 heteroatoms. The van der Waals surface area contributed by atoms with Gasteiger partial charge in [-0.05, 0) is 60.4 Å². The van der Waals surface area contributed by atoms with Crippen LogP contribution in [0.15, 0.2) is 72.3 Å². The molecule has 7 nitrogen and oxygen atoms in total. The van der Waals surface area contributed by atoms with Crippen LogP contribution in [-0.4, -0.2) is 46.6 Å². The first kappa shape index (κ1) is 23.5. The van der Waals surface area contributed by atoms with Crippen molar-refractivity contribution in [2.45, 2.75) is 31.9 Å². The van der Waals surface area contributed by atoms with E-state index >= 15 is 0 Å². The van der Waals surface area contributed by atoms with Crippen molar-refractivity contribution in [1.29, 1.82) is 0 Å². The van der Waals surface area contributed by atoms with Crippen LogP contribution in [0.3, 0.4) is 0 Å². The first-order valence-corrected chi connectivity index (χ1v) is 11.9. The Morgan fingerprint density at radius 3 is 2.61 bits per heavy atom. The van der Waals surface area contributed by atoms with Crippen molar-refractivity contribution >= 4 is 17.4 Å². The molecule has 2 N–H and O–H groups in total. The molecule has 3 aromatic rings. The Labute approximate surface area is 209 Å². The van der Waals surface area contributed by atoms with Crippen LogP contribution >= 0.6 is 0 Å². The summed E-state index contributed by atoms with van der Waals surface area (Å²) in [5, 5.41) is 21.5. The average Bonchev–Trinajstić information content (AvgIpc) is 3.38. The van der Waals surface area contributed by atoms with Gasteiger partial charge < -0.3 is 24.6 Å². The van der Waals surface area contributed by atoms with Crippen molar-refractivity contribution in [3.63, 3.8) is 0 Å². The number of hydrogen-bond donors (Lipinski definition) is 2. The second kappa shape index (κ2) is 9.41. The molecule has 5 rings (SSSR count). The molecule has 0 spiro atoms. The van der Waals surface area contributed by atoms with Crippen LogP contribution in [0, 0.1) is 0 Å². The first-order valence-electron chi connectivity index (χ1n) is 11.9. The quantitative estimate of drug-likeness (QED) is 0.305. The lowest BCUT2D eigenvalue weighted by molar-refractivity contribution is -0.139. The van der Waals surface area contributed by atoms with E-state index in [0.29, 0.717) is 24.0 Å². The molecule has 0 aromatic heterocycles. The third kappa shape index (κ3) is 4.17. The molecular weight excluding hydrogens is 458 g/mol. The van der Waals surface area contributed by atoms with Gasteiger partial charge >= 0.3 is 0 Å². The number of methoxy groups -OCH3 is 1. The molecule has 1 saturated heterocycles. The van der Waals surface area contributed by atoms with E-state index in [2.05, 4.69) is 0 Å². The van der Waals surface area contributed by atoms with E-state index in [1.807, 2.05) is 37.3 Å². The molecule has 1 fully saturated rings. The third-order valence-corrected chi connectivity index (χ3v) is 6.71.